The van der Waals surface area contributed by atoms with Crippen LogP contribution in [-0.2, 0) is 5.54 Å². The highest BCUT2D eigenvalue weighted by molar-refractivity contribution is 5.03. The average Bonchev–Trinajstić information content (AvgIpc) is 2.65. The minimum atomic E-state index is -0.437. The molecule has 1 rings (SSSR count). The molecule has 0 aliphatic heterocycles. The monoisotopic (exact) mass is 211 g/mol. The Morgan fingerprint density at radius 3 is 2.53 bits per heavy atom. The Morgan fingerprint density at radius 2 is 2.13 bits per heavy atom. The van der Waals surface area contributed by atoms with Crippen molar-refractivity contribution in [1.29, 1.82) is 0 Å². The van der Waals surface area contributed by atoms with E-state index in [2.05, 4.69) is 30.9 Å². The number of rotatable bonds is 5. The first-order valence-electron chi connectivity index (χ1n) is 5.61. The molecule has 0 spiro atoms. The molecule has 0 aromatic carbocycles. The highest BCUT2D eigenvalue weighted by atomic mass is 16.5. The summed E-state index contributed by atoms with van der Waals surface area (Å²) in [7, 11) is 0. The lowest BCUT2D eigenvalue weighted by atomic mass is 9.85. The molecule has 1 aromatic rings. The van der Waals surface area contributed by atoms with E-state index < -0.39 is 5.54 Å². The van der Waals surface area contributed by atoms with Crippen LogP contribution >= 0.6 is 0 Å². The van der Waals surface area contributed by atoms with E-state index in [-0.39, 0.29) is 0 Å². The molecule has 0 saturated carbocycles. The molecule has 0 aliphatic rings. The van der Waals surface area contributed by atoms with Gasteiger partial charge in [-0.3, -0.25) is 0 Å². The van der Waals surface area contributed by atoms with Crippen LogP contribution in [0.4, 0.5) is 0 Å². The van der Waals surface area contributed by atoms with Gasteiger partial charge in [-0.1, -0.05) is 32.3 Å². The van der Waals surface area contributed by atoms with Gasteiger partial charge in [-0.25, -0.2) is 0 Å². The van der Waals surface area contributed by atoms with Crippen LogP contribution in [0.15, 0.2) is 4.52 Å². The van der Waals surface area contributed by atoms with Crippen LogP contribution in [0.3, 0.4) is 0 Å². The third-order valence-electron chi connectivity index (χ3n) is 3.01. The maximum Gasteiger partial charge on any atom is 0.223 e. The van der Waals surface area contributed by atoms with Crippen LogP contribution in [0.1, 0.15) is 51.7 Å². The van der Waals surface area contributed by atoms with Gasteiger partial charge in [-0.15, -0.1) is 0 Å². The lowest BCUT2D eigenvalue weighted by molar-refractivity contribution is 0.289. The zero-order valence-electron chi connectivity index (χ0n) is 10.1. The fourth-order valence-corrected chi connectivity index (χ4v) is 1.66. The Balaban J connectivity index is 2.84. The second kappa shape index (κ2) is 4.75. The fourth-order valence-electron chi connectivity index (χ4n) is 1.66. The molecule has 2 N–H and O–H groups in total. The fraction of sp³-hybridized carbons (Fsp3) is 0.818. The van der Waals surface area contributed by atoms with Crippen LogP contribution < -0.4 is 5.73 Å². The zero-order valence-corrected chi connectivity index (χ0v) is 10.1. The number of aryl methyl sites for hydroxylation is 1. The molecule has 0 amide bonds. The highest BCUT2D eigenvalue weighted by Gasteiger charge is 2.31. The molecule has 1 heterocycles. The van der Waals surface area contributed by atoms with E-state index in [1.807, 2.05) is 0 Å². The van der Waals surface area contributed by atoms with Crippen LogP contribution in [0.25, 0.3) is 0 Å². The van der Waals surface area contributed by atoms with Gasteiger partial charge in [0.2, 0.25) is 5.89 Å². The second-order valence-corrected chi connectivity index (χ2v) is 4.36. The van der Waals surface area contributed by atoms with Crippen molar-refractivity contribution in [2.24, 2.45) is 11.7 Å². The van der Waals surface area contributed by atoms with Crippen molar-refractivity contribution < 1.29 is 4.52 Å². The summed E-state index contributed by atoms with van der Waals surface area (Å²) in [6, 6.07) is 0. The van der Waals surface area contributed by atoms with Crippen molar-refractivity contribution in [2.75, 3.05) is 0 Å². The summed E-state index contributed by atoms with van der Waals surface area (Å²) in [5.74, 6) is 1.80. The van der Waals surface area contributed by atoms with E-state index in [1.54, 1.807) is 6.92 Å². The SMILES string of the molecule is CCC(C)CC(N)(CC)c1noc(C)n1. The van der Waals surface area contributed by atoms with E-state index in [1.165, 1.54) is 0 Å². The summed E-state index contributed by atoms with van der Waals surface area (Å²) in [6.45, 7) is 8.22. The Morgan fingerprint density at radius 1 is 1.47 bits per heavy atom. The molecular formula is C11H21N3O. The predicted octanol–water partition coefficient (Wildman–Crippen LogP) is 2.38. The van der Waals surface area contributed by atoms with E-state index in [9.17, 15) is 0 Å². The summed E-state index contributed by atoms with van der Waals surface area (Å²) in [6.07, 6.45) is 2.85. The molecule has 0 fully saturated rings. The van der Waals surface area contributed by atoms with Gasteiger partial charge < -0.3 is 10.3 Å². The van der Waals surface area contributed by atoms with Gasteiger partial charge in [0.25, 0.3) is 0 Å². The Bertz CT molecular complexity index is 311. The van der Waals surface area contributed by atoms with Gasteiger partial charge in [0.05, 0.1) is 5.54 Å². The summed E-state index contributed by atoms with van der Waals surface area (Å²) < 4.78 is 4.99. The minimum Gasteiger partial charge on any atom is -0.340 e. The van der Waals surface area contributed by atoms with Gasteiger partial charge in [0, 0.05) is 6.92 Å². The highest BCUT2D eigenvalue weighted by Crippen LogP contribution is 2.28. The molecule has 15 heavy (non-hydrogen) atoms. The van der Waals surface area contributed by atoms with Crippen LogP contribution in [0.5, 0.6) is 0 Å². The van der Waals surface area contributed by atoms with Crippen molar-refractivity contribution in [2.45, 2.75) is 52.5 Å². The van der Waals surface area contributed by atoms with Crippen molar-refractivity contribution >= 4 is 0 Å². The van der Waals surface area contributed by atoms with Crippen LogP contribution in [0, 0.1) is 12.8 Å². The van der Waals surface area contributed by atoms with Gasteiger partial charge >= 0.3 is 0 Å². The quantitative estimate of drug-likeness (QED) is 0.812. The van der Waals surface area contributed by atoms with Crippen LogP contribution in [0.2, 0.25) is 0 Å². The molecule has 0 bridgehead atoms. The first-order valence-corrected chi connectivity index (χ1v) is 5.61. The van der Waals surface area contributed by atoms with E-state index in [4.69, 9.17) is 10.3 Å². The maximum absolute atomic E-state index is 6.32. The lowest BCUT2D eigenvalue weighted by Gasteiger charge is -2.27. The molecule has 0 aliphatic carbocycles. The Kier molecular flexibility index (Phi) is 3.85. The molecule has 1 aromatic heterocycles. The van der Waals surface area contributed by atoms with E-state index >= 15 is 0 Å². The molecule has 0 radical (unpaired) electrons. The topological polar surface area (TPSA) is 64.9 Å². The van der Waals surface area contributed by atoms with Crippen molar-refractivity contribution in [3.05, 3.63) is 11.7 Å². The van der Waals surface area contributed by atoms with Gasteiger partial charge in [-0.2, -0.15) is 4.98 Å². The number of hydrogen-bond acceptors (Lipinski definition) is 4. The normalized spacial score (nSPS) is 17.4. The summed E-state index contributed by atoms with van der Waals surface area (Å²) in [5, 5.41) is 3.93. The van der Waals surface area contributed by atoms with Crippen molar-refractivity contribution in [3.63, 3.8) is 0 Å². The van der Waals surface area contributed by atoms with Gasteiger partial charge in [0.15, 0.2) is 5.82 Å². The average molecular weight is 211 g/mol. The first kappa shape index (κ1) is 12.2. The molecular weight excluding hydrogens is 190 g/mol. The standard InChI is InChI=1S/C11H21N3O/c1-5-8(3)7-11(12,6-2)10-13-9(4)15-14-10/h8H,5-7,12H2,1-4H3. The van der Waals surface area contributed by atoms with Gasteiger partial charge in [0.1, 0.15) is 0 Å². The number of nitrogens with two attached hydrogens (primary N) is 1. The van der Waals surface area contributed by atoms with Crippen molar-refractivity contribution in [1.82, 2.24) is 10.1 Å². The van der Waals surface area contributed by atoms with Crippen molar-refractivity contribution in [3.8, 4) is 0 Å². The molecule has 4 heteroatoms. The first-order chi connectivity index (χ1) is 7.01. The van der Waals surface area contributed by atoms with Gasteiger partial charge in [-0.05, 0) is 18.8 Å². The molecule has 2 atom stereocenters. The second-order valence-electron chi connectivity index (χ2n) is 4.36. The maximum atomic E-state index is 6.32. The molecule has 2 unspecified atom stereocenters. The Hall–Kier alpha value is -0.900. The number of hydrogen-bond donors (Lipinski definition) is 1. The summed E-state index contributed by atoms with van der Waals surface area (Å²) in [5.41, 5.74) is 5.89. The minimum absolute atomic E-state index is 0.437. The summed E-state index contributed by atoms with van der Waals surface area (Å²) >= 11 is 0. The summed E-state index contributed by atoms with van der Waals surface area (Å²) in [4.78, 5) is 4.24. The Labute approximate surface area is 91.2 Å². The molecule has 86 valence electrons. The number of nitrogens with zero attached hydrogens (tertiary/aromatic N) is 2. The molecule has 0 saturated heterocycles. The largest absolute Gasteiger partial charge is 0.340 e. The number of aromatic nitrogens is 2. The van der Waals surface area contributed by atoms with Crippen LogP contribution in [-0.4, -0.2) is 10.1 Å². The third kappa shape index (κ3) is 2.78. The lowest BCUT2D eigenvalue weighted by Crippen LogP contribution is -2.38. The third-order valence-corrected chi connectivity index (χ3v) is 3.01. The van der Waals surface area contributed by atoms with E-state index in [0.717, 1.165) is 19.3 Å². The smallest absolute Gasteiger partial charge is 0.223 e. The molecule has 4 nitrogen and oxygen atoms in total. The van der Waals surface area contributed by atoms with E-state index in [0.29, 0.717) is 17.6 Å². The zero-order chi connectivity index (χ0) is 11.5. The predicted molar refractivity (Wildman–Crippen MR) is 59.3 cm³/mol.